The molecule has 54 valence electrons. The standard InChI is InChI=1S/C6H14N2S/c1-7-6-3-4-8(5-6)9-2/h6-7H,3-5H2,1-2H3. The fourth-order valence-corrected chi connectivity index (χ4v) is 1.75. The van der Waals surface area contributed by atoms with Gasteiger partial charge in [-0.15, -0.1) is 0 Å². The smallest absolute Gasteiger partial charge is 0.0244 e. The maximum atomic E-state index is 3.27. The number of rotatable bonds is 2. The first-order valence-electron chi connectivity index (χ1n) is 3.33. The maximum Gasteiger partial charge on any atom is 0.0244 e. The van der Waals surface area contributed by atoms with Gasteiger partial charge in [0.05, 0.1) is 0 Å². The molecule has 1 fully saturated rings. The minimum Gasteiger partial charge on any atom is -0.316 e. The predicted molar refractivity (Wildman–Crippen MR) is 42.6 cm³/mol. The molecule has 0 aliphatic carbocycles. The summed E-state index contributed by atoms with van der Waals surface area (Å²) >= 11 is 1.84. The van der Waals surface area contributed by atoms with Gasteiger partial charge in [-0.25, -0.2) is 4.31 Å². The van der Waals surface area contributed by atoms with Gasteiger partial charge in [-0.3, -0.25) is 0 Å². The predicted octanol–water partition coefficient (Wildman–Crippen LogP) is 0.558. The van der Waals surface area contributed by atoms with Crippen LogP contribution in [0.4, 0.5) is 0 Å². The average Bonchev–Trinajstić information content (AvgIpc) is 2.34. The Balaban J connectivity index is 2.20. The van der Waals surface area contributed by atoms with Gasteiger partial charge < -0.3 is 5.32 Å². The van der Waals surface area contributed by atoms with Gasteiger partial charge in [0.25, 0.3) is 0 Å². The maximum absolute atomic E-state index is 3.27. The lowest BCUT2D eigenvalue weighted by Crippen LogP contribution is -2.26. The van der Waals surface area contributed by atoms with Crippen LogP contribution in [0.5, 0.6) is 0 Å². The van der Waals surface area contributed by atoms with Crippen molar-refractivity contribution < 1.29 is 0 Å². The first-order valence-corrected chi connectivity index (χ1v) is 4.51. The molecule has 0 bridgehead atoms. The van der Waals surface area contributed by atoms with E-state index in [1.807, 2.05) is 19.0 Å². The molecule has 2 nitrogen and oxygen atoms in total. The van der Waals surface area contributed by atoms with Crippen molar-refractivity contribution in [2.45, 2.75) is 12.5 Å². The first-order chi connectivity index (χ1) is 4.36. The summed E-state index contributed by atoms with van der Waals surface area (Å²) < 4.78 is 2.39. The largest absolute Gasteiger partial charge is 0.316 e. The third-order valence-electron chi connectivity index (χ3n) is 1.82. The summed E-state index contributed by atoms with van der Waals surface area (Å²) in [5, 5.41) is 3.27. The van der Waals surface area contributed by atoms with Crippen LogP contribution in [0.15, 0.2) is 0 Å². The Kier molecular flexibility index (Phi) is 2.82. The Morgan fingerprint density at radius 1 is 1.67 bits per heavy atom. The minimum absolute atomic E-state index is 0.734. The van der Waals surface area contributed by atoms with Gasteiger partial charge in [-0.2, -0.15) is 0 Å². The van der Waals surface area contributed by atoms with Crippen LogP contribution in [0.3, 0.4) is 0 Å². The molecule has 0 radical (unpaired) electrons. The van der Waals surface area contributed by atoms with E-state index >= 15 is 0 Å². The molecule has 0 spiro atoms. The molecule has 0 aromatic heterocycles. The van der Waals surface area contributed by atoms with Crippen LogP contribution in [-0.2, 0) is 0 Å². The zero-order chi connectivity index (χ0) is 6.69. The zero-order valence-corrected chi connectivity index (χ0v) is 6.87. The summed E-state index contributed by atoms with van der Waals surface area (Å²) in [6.07, 6.45) is 3.44. The number of nitrogens with one attached hydrogen (secondary N) is 1. The van der Waals surface area contributed by atoms with Gasteiger partial charge in [0.2, 0.25) is 0 Å². The quantitative estimate of drug-likeness (QED) is 0.573. The fourth-order valence-electron chi connectivity index (χ4n) is 1.13. The van der Waals surface area contributed by atoms with Crippen molar-refractivity contribution in [3.63, 3.8) is 0 Å². The van der Waals surface area contributed by atoms with E-state index in [9.17, 15) is 0 Å². The third kappa shape index (κ3) is 1.85. The van der Waals surface area contributed by atoms with Gasteiger partial charge in [-0.1, -0.05) is 11.9 Å². The zero-order valence-electron chi connectivity index (χ0n) is 6.05. The highest BCUT2D eigenvalue weighted by molar-refractivity contribution is 7.96. The molecular weight excluding hydrogens is 132 g/mol. The number of hydrogen-bond acceptors (Lipinski definition) is 3. The SMILES string of the molecule is CNC1CCN(SC)C1. The highest BCUT2D eigenvalue weighted by Crippen LogP contribution is 2.15. The molecule has 1 atom stereocenters. The van der Waals surface area contributed by atoms with E-state index in [4.69, 9.17) is 0 Å². The summed E-state index contributed by atoms with van der Waals surface area (Å²) in [5.41, 5.74) is 0. The molecule has 1 unspecified atom stereocenters. The van der Waals surface area contributed by atoms with Crippen LogP contribution in [0.2, 0.25) is 0 Å². The van der Waals surface area contributed by atoms with E-state index in [2.05, 4.69) is 15.9 Å². The van der Waals surface area contributed by atoms with Crippen molar-refractivity contribution in [3.05, 3.63) is 0 Å². The number of nitrogens with zero attached hydrogens (tertiary/aromatic N) is 1. The number of hydrogen-bond donors (Lipinski definition) is 1. The summed E-state index contributed by atoms with van der Waals surface area (Å²) in [4.78, 5) is 0. The minimum atomic E-state index is 0.734. The molecule has 0 saturated carbocycles. The normalized spacial score (nSPS) is 29.3. The summed E-state index contributed by atoms with van der Waals surface area (Å²) in [6.45, 7) is 2.45. The molecule has 1 aliphatic heterocycles. The Morgan fingerprint density at radius 3 is 2.78 bits per heavy atom. The molecule has 1 saturated heterocycles. The van der Waals surface area contributed by atoms with E-state index in [1.54, 1.807) is 0 Å². The molecule has 0 aromatic carbocycles. The van der Waals surface area contributed by atoms with Crippen molar-refractivity contribution in [2.75, 3.05) is 26.4 Å². The van der Waals surface area contributed by atoms with Crippen LogP contribution >= 0.6 is 11.9 Å². The molecule has 1 N–H and O–H groups in total. The van der Waals surface area contributed by atoms with Crippen LogP contribution in [-0.4, -0.2) is 36.7 Å². The van der Waals surface area contributed by atoms with E-state index in [0.29, 0.717) is 0 Å². The number of likely N-dealkylation sites (N-methyl/N-ethyl adjacent to an activating group) is 1. The second-order valence-electron chi connectivity index (χ2n) is 2.34. The molecule has 9 heavy (non-hydrogen) atoms. The molecule has 1 rings (SSSR count). The Labute approximate surface area is 61.1 Å². The van der Waals surface area contributed by atoms with Gasteiger partial charge in [0, 0.05) is 19.1 Å². The lowest BCUT2D eigenvalue weighted by Gasteiger charge is -2.10. The van der Waals surface area contributed by atoms with Crippen molar-refractivity contribution in [3.8, 4) is 0 Å². The summed E-state index contributed by atoms with van der Waals surface area (Å²) in [5.74, 6) is 0. The summed E-state index contributed by atoms with van der Waals surface area (Å²) in [6, 6.07) is 0.734. The van der Waals surface area contributed by atoms with Crippen molar-refractivity contribution in [1.29, 1.82) is 0 Å². The highest BCUT2D eigenvalue weighted by Gasteiger charge is 2.19. The van der Waals surface area contributed by atoms with Gasteiger partial charge in [0.1, 0.15) is 0 Å². The fraction of sp³-hybridized carbons (Fsp3) is 1.00. The van der Waals surface area contributed by atoms with Crippen LogP contribution in [0.25, 0.3) is 0 Å². The van der Waals surface area contributed by atoms with E-state index in [1.165, 1.54) is 19.5 Å². The van der Waals surface area contributed by atoms with Crippen LogP contribution in [0.1, 0.15) is 6.42 Å². The Bertz CT molecular complexity index is 77.1. The average molecular weight is 146 g/mol. The second kappa shape index (κ2) is 3.44. The molecule has 1 aliphatic rings. The van der Waals surface area contributed by atoms with Gasteiger partial charge in [-0.05, 0) is 19.7 Å². The molecular formula is C6H14N2S. The van der Waals surface area contributed by atoms with Gasteiger partial charge in [0.15, 0.2) is 0 Å². The lowest BCUT2D eigenvalue weighted by molar-refractivity contribution is 0.544. The van der Waals surface area contributed by atoms with Gasteiger partial charge >= 0.3 is 0 Å². The second-order valence-corrected chi connectivity index (χ2v) is 3.23. The van der Waals surface area contributed by atoms with E-state index in [0.717, 1.165) is 6.04 Å². The first kappa shape index (κ1) is 7.38. The Morgan fingerprint density at radius 2 is 2.44 bits per heavy atom. The van der Waals surface area contributed by atoms with E-state index in [-0.39, 0.29) is 0 Å². The lowest BCUT2D eigenvalue weighted by atomic mass is 10.3. The highest BCUT2D eigenvalue weighted by atomic mass is 32.2. The van der Waals surface area contributed by atoms with Crippen molar-refractivity contribution in [1.82, 2.24) is 9.62 Å². The molecule has 1 heterocycles. The summed E-state index contributed by atoms with van der Waals surface area (Å²) in [7, 11) is 2.04. The van der Waals surface area contributed by atoms with Crippen LogP contribution in [0, 0.1) is 0 Å². The molecule has 3 heteroatoms. The monoisotopic (exact) mass is 146 g/mol. The third-order valence-corrected chi connectivity index (χ3v) is 2.67. The molecule has 0 amide bonds. The van der Waals surface area contributed by atoms with E-state index < -0.39 is 0 Å². The topological polar surface area (TPSA) is 15.3 Å². The Hall–Kier alpha value is 0.270. The molecule has 0 aromatic rings. The van der Waals surface area contributed by atoms with Crippen LogP contribution < -0.4 is 5.32 Å². The van der Waals surface area contributed by atoms with Crippen molar-refractivity contribution >= 4 is 11.9 Å². The van der Waals surface area contributed by atoms with Crippen molar-refractivity contribution in [2.24, 2.45) is 0 Å².